The number of aliphatic hydroxyl groups excluding tert-OH is 1. The summed E-state index contributed by atoms with van der Waals surface area (Å²) < 4.78 is 1.32. The summed E-state index contributed by atoms with van der Waals surface area (Å²) in [5.74, 6) is 5.05. The van der Waals surface area contributed by atoms with Gasteiger partial charge in [-0.25, -0.2) is 4.68 Å². The van der Waals surface area contributed by atoms with Crippen LogP contribution in [0.15, 0.2) is 30.6 Å². The Labute approximate surface area is 109 Å². The van der Waals surface area contributed by atoms with Crippen LogP contribution in [-0.2, 0) is 11.3 Å². The second-order valence-electron chi connectivity index (χ2n) is 3.56. The number of nitrogens with one attached hydrogen (secondary N) is 1. The van der Waals surface area contributed by atoms with Gasteiger partial charge in [0.25, 0.3) is 0 Å². The second-order valence-corrected chi connectivity index (χ2v) is 3.56. The molecule has 0 spiro atoms. The molecule has 7 nitrogen and oxygen atoms in total. The van der Waals surface area contributed by atoms with Gasteiger partial charge < -0.3 is 10.4 Å². The summed E-state index contributed by atoms with van der Waals surface area (Å²) >= 11 is 0. The molecule has 7 heteroatoms. The maximum absolute atomic E-state index is 11.8. The monoisotopic (exact) mass is 257 g/mol. The van der Waals surface area contributed by atoms with Gasteiger partial charge in [0.15, 0.2) is 0 Å². The molecular formula is C12H11N5O2. The van der Waals surface area contributed by atoms with Gasteiger partial charge in [-0.15, -0.1) is 5.10 Å². The van der Waals surface area contributed by atoms with E-state index in [1.165, 1.54) is 11.0 Å². The van der Waals surface area contributed by atoms with E-state index in [-0.39, 0.29) is 19.1 Å². The summed E-state index contributed by atoms with van der Waals surface area (Å²) in [5.41, 5.74) is 1.23. The van der Waals surface area contributed by atoms with Gasteiger partial charge in [-0.1, -0.05) is 24.0 Å². The maximum atomic E-state index is 11.8. The number of nitrogens with zero attached hydrogens (tertiary/aromatic N) is 4. The number of hydrogen-bond donors (Lipinski definition) is 2. The lowest BCUT2D eigenvalue weighted by atomic mass is 10.2. The molecule has 2 aromatic rings. The molecule has 96 valence electrons. The highest BCUT2D eigenvalue weighted by atomic mass is 16.2. The number of carbonyl (C=O) groups excluding carboxylic acids is 1. The summed E-state index contributed by atoms with van der Waals surface area (Å²) in [6.45, 7) is -0.207. The predicted molar refractivity (Wildman–Crippen MR) is 66.9 cm³/mol. The number of aromatic nitrogens is 4. The molecule has 0 saturated heterocycles. The van der Waals surface area contributed by atoms with Crippen LogP contribution in [-0.4, -0.2) is 37.8 Å². The highest BCUT2D eigenvalue weighted by molar-refractivity contribution is 5.91. The fourth-order valence-electron chi connectivity index (χ4n) is 1.43. The number of amides is 1. The number of para-hydroxylation sites is 1. The number of hydrogen-bond acceptors (Lipinski definition) is 5. The van der Waals surface area contributed by atoms with Crippen molar-refractivity contribution in [3.8, 4) is 11.8 Å². The topological polar surface area (TPSA) is 92.9 Å². The summed E-state index contributed by atoms with van der Waals surface area (Å²) in [4.78, 5) is 11.8. The molecule has 0 unspecified atom stereocenters. The molecule has 0 fully saturated rings. The van der Waals surface area contributed by atoms with E-state index < -0.39 is 0 Å². The first-order valence-electron chi connectivity index (χ1n) is 5.49. The predicted octanol–water partition coefficient (Wildman–Crippen LogP) is -0.344. The molecule has 0 bridgehead atoms. The van der Waals surface area contributed by atoms with E-state index in [9.17, 15) is 4.79 Å². The Morgan fingerprint density at radius 1 is 1.42 bits per heavy atom. The molecule has 1 heterocycles. The summed E-state index contributed by atoms with van der Waals surface area (Å²) in [6, 6.07) is 7.09. The molecule has 1 aromatic heterocycles. The first-order valence-corrected chi connectivity index (χ1v) is 5.49. The van der Waals surface area contributed by atoms with E-state index in [0.29, 0.717) is 11.3 Å². The Kier molecular flexibility index (Phi) is 4.21. The molecule has 1 amide bonds. The van der Waals surface area contributed by atoms with Crippen molar-refractivity contribution < 1.29 is 9.90 Å². The third kappa shape index (κ3) is 3.62. The Hall–Kier alpha value is -2.72. The normalized spacial score (nSPS) is 9.53. The van der Waals surface area contributed by atoms with Crippen molar-refractivity contribution in [3.05, 3.63) is 36.2 Å². The van der Waals surface area contributed by atoms with Crippen molar-refractivity contribution in [2.24, 2.45) is 0 Å². The average molecular weight is 257 g/mol. The van der Waals surface area contributed by atoms with Crippen LogP contribution < -0.4 is 5.32 Å². The molecule has 0 radical (unpaired) electrons. The van der Waals surface area contributed by atoms with E-state index in [1.54, 1.807) is 24.3 Å². The molecule has 0 aliphatic heterocycles. The summed E-state index contributed by atoms with van der Waals surface area (Å²) in [7, 11) is 0. The molecule has 0 aliphatic rings. The quantitative estimate of drug-likeness (QED) is 0.733. The van der Waals surface area contributed by atoms with Gasteiger partial charge in [0.1, 0.15) is 19.5 Å². The molecule has 1 aromatic carbocycles. The van der Waals surface area contributed by atoms with Gasteiger partial charge in [-0.3, -0.25) is 4.79 Å². The van der Waals surface area contributed by atoms with Crippen molar-refractivity contribution in [2.45, 2.75) is 6.54 Å². The third-order valence-electron chi connectivity index (χ3n) is 2.20. The van der Waals surface area contributed by atoms with Gasteiger partial charge >= 0.3 is 0 Å². The molecule has 0 saturated carbocycles. The van der Waals surface area contributed by atoms with Crippen molar-refractivity contribution in [2.75, 3.05) is 11.9 Å². The number of tetrazole rings is 1. The van der Waals surface area contributed by atoms with Gasteiger partial charge in [-0.05, 0) is 22.6 Å². The lowest BCUT2D eigenvalue weighted by Crippen LogP contribution is -2.19. The zero-order valence-corrected chi connectivity index (χ0v) is 9.95. The van der Waals surface area contributed by atoms with E-state index in [0.717, 1.165) is 0 Å². The Morgan fingerprint density at radius 3 is 3.00 bits per heavy atom. The average Bonchev–Trinajstić information content (AvgIpc) is 2.90. The molecule has 0 atom stereocenters. The van der Waals surface area contributed by atoms with Gasteiger partial charge in [0.2, 0.25) is 5.91 Å². The lowest BCUT2D eigenvalue weighted by Gasteiger charge is -2.06. The van der Waals surface area contributed by atoms with Crippen LogP contribution >= 0.6 is 0 Å². The summed E-state index contributed by atoms with van der Waals surface area (Å²) in [5, 5.41) is 21.9. The van der Waals surface area contributed by atoms with E-state index in [2.05, 4.69) is 32.7 Å². The van der Waals surface area contributed by atoms with Crippen LogP contribution in [0.4, 0.5) is 5.69 Å². The molecule has 19 heavy (non-hydrogen) atoms. The number of rotatable bonds is 3. The molecule has 2 rings (SSSR count). The minimum absolute atomic E-state index is 0.0226. The van der Waals surface area contributed by atoms with Crippen molar-refractivity contribution >= 4 is 11.6 Å². The van der Waals surface area contributed by atoms with Crippen LogP contribution in [0.1, 0.15) is 5.56 Å². The fourth-order valence-corrected chi connectivity index (χ4v) is 1.43. The largest absolute Gasteiger partial charge is 0.384 e. The standard InChI is InChI=1S/C12H11N5O2/c18-7-3-5-10-4-1-2-6-11(10)14-12(19)8-17-9-13-15-16-17/h1-2,4,6,9,18H,7-8H2,(H,14,19). The highest BCUT2D eigenvalue weighted by Crippen LogP contribution is 2.13. The van der Waals surface area contributed by atoms with Crippen LogP contribution in [0.2, 0.25) is 0 Å². The van der Waals surface area contributed by atoms with Crippen LogP contribution in [0.3, 0.4) is 0 Å². The third-order valence-corrected chi connectivity index (χ3v) is 2.20. The van der Waals surface area contributed by atoms with Crippen molar-refractivity contribution in [3.63, 3.8) is 0 Å². The highest BCUT2D eigenvalue weighted by Gasteiger charge is 2.06. The smallest absolute Gasteiger partial charge is 0.246 e. The minimum Gasteiger partial charge on any atom is -0.384 e. The SMILES string of the molecule is O=C(Cn1cnnn1)Nc1ccccc1C#CCO. The van der Waals surface area contributed by atoms with Gasteiger partial charge in [0.05, 0.1) is 5.69 Å². The van der Waals surface area contributed by atoms with Crippen molar-refractivity contribution in [1.82, 2.24) is 20.2 Å². The number of anilines is 1. The lowest BCUT2D eigenvalue weighted by molar-refractivity contribution is -0.116. The number of benzene rings is 1. The zero-order valence-electron chi connectivity index (χ0n) is 9.95. The Morgan fingerprint density at radius 2 is 2.26 bits per heavy atom. The summed E-state index contributed by atoms with van der Waals surface area (Å²) in [6.07, 6.45) is 1.36. The zero-order chi connectivity index (χ0) is 13.5. The van der Waals surface area contributed by atoms with E-state index in [4.69, 9.17) is 5.11 Å². The van der Waals surface area contributed by atoms with Crippen LogP contribution in [0.5, 0.6) is 0 Å². The van der Waals surface area contributed by atoms with E-state index in [1.807, 2.05) is 0 Å². The van der Waals surface area contributed by atoms with Gasteiger partial charge in [-0.2, -0.15) is 0 Å². The number of aliphatic hydroxyl groups is 1. The van der Waals surface area contributed by atoms with Crippen LogP contribution in [0.25, 0.3) is 0 Å². The molecular weight excluding hydrogens is 246 g/mol. The fraction of sp³-hybridized carbons (Fsp3) is 0.167. The maximum Gasteiger partial charge on any atom is 0.246 e. The van der Waals surface area contributed by atoms with Gasteiger partial charge in [0, 0.05) is 5.56 Å². The minimum atomic E-state index is -0.259. The Balaban J connectivity index is 2.08. The van der Waals surface area contributed by atoms with Crippen molar-refractivity contribution in [1.29, 1.82) is 0 Å². The second kappa shape index (κ2) is 6.28. The van der Waals surface area contributed by atoms with Crippen LogP contribution in [0, 0.1) is 11.8 Å². The number of carbonyl (C=O) groups is 1. The Bertz CT molecular complexity index is 613. The first kappa shape index (κ1) is 12.7. The van der Waals surface area contributed by atoms with E-state index >= 15 is 0 Å². The molecule has 0 aliphatic carbocycles. The first-order chi connectivity index (χ1) is 9.29. The molecule has 2 N–H and O–H groups in total.